The molecule has 1 heterocycles. The number of nitrogens with one attached hydrogen (secondary N) is 2. The molecule has 0 fully saturated rings. The Bertz CT molecular complexity index is 1240. The Balaban J connectivity index is 1.29. The van der Waals surface area contributed by atoms with Crippen molar-refractivity contribution < 1.29 is 14.3 Å². The molecule has 7 nitrogen and oxygen atoms in total. The van der Waals surface area contributed by atoms with Crippen molar-refractivity contribution in [1.29, 1.82) is 0 Å². The third kappa shape index (κ3) is 5.63. The highest BCUT2D eigenvalue weighted by atomic mass is 32.2. The number of amides is 2. The van der Waals surface area contributed by atoms with Crippen LogP contribution in [0.25, 0.3) is 10.8 Å². The molecule has 3 aromatic carbocycles. The van der Waals surface area contributed by atoms with E-state index in [2.05, 4.69) is 20.8 Å². The molecule has 0 saturated carbocycles. The number of hydrogen-bond acceptors (Lipinski definition) is 7. The molecule has 0 radical (unpaired) electrons. The SMILES string of the molecule is CCOc1ccc(NC(=O)CSc2nnc(NC(=O)c3ccc4ccccc4c3)s2)cc1. The Morgan fingerprint density at radius 1 is 0.969 bits per heavy atom. The average Bonchev–Trinajstić information content (AvgIpc) is 3.26. The molecular weight excluding hydrogens is 444 g/mol. The Morgan fingerprint density at radius 3 is 2.53 bits per heavy atom. The summed E-state index contributed by atoms with van der Waals surface area (Å²) in [5.74, 6) is 0.528. The maximum absolute atomic E-state index is 12.5. The van der Waals surface area contributed by atoms with E-state index in [0.717, 1.165) is 16.5 Å². The largest absolute Gasteiger partial charge is 0.494 e. The summed E-state index contributed by atoms with van der Waals surface area (Å²) >= 11 is 2.49. The summed E-state index contributed by atoms with van der Waals surface area (Å²) in [5.41, 5.74) is 1.24. The van der Waals surface area contributed by atoms with Gasteiger partial charge in [0.15, 0.2) is 4.34 Å². The van der Waals surface area contributed by atoms with Crippen LogP contribution in [0.4, 0.5) is 10.8 Å². The molecule has 0 spiro atoms. The second-order valence-corrected chi connectivity index (χ2v) is 8.88. The number of rotatable bonds is 8. The number of thioether (sulfide) groups is 1. The van der Waals surface area contributed by atoms with Crippen molar-refractivity contribution in [3.05, 3.63) is 72.3 Å². The van der Waals surface area contributed by atoms with Crippen molar-refractivity contribution in [2.45, 2.75) is 11.3 Å². The van der Waals surface area contributed by atoms with Crippen LogP contribution in [0.2, 0.25) is 0 Å². The van der Waals surface area contributed by atoms with E-state index >= 15 is 0 Å². The monoisotopic (exact) mass is 464 g/mol. The van der Waals surface area contributed by atoms with Crippen LogP contribution in [0.1, 0.15) is 17.3 Å². The van der Waals surface area contributed by atoms with Gasteiger partial charge in [-0.2, -0.15) is 0 Å². The number of fused-ring (bicyclic) bond motifs is 1. The van der Waals surface area contributed by atoms with E-state index in [4.69, 9.17) is 4.74 Å². The van der Waals surface area contributed by atoms with Crippen LogP contribution >= 0.6 is 23.1 Å². The predicted octanol–water partition coefficient (Wildman–Crippen LogP) is 5.07. The quantitative estimate of drug-likeness (QED) is 0.279. The Hall–Kier alpha value is -3.43. The average molecular weight is 465 g/mol. The minimum absolute atomic E-state index is 0.156. The summed E-state index contributed by atoms with van der Waals surface area (Å²) in [6.45, 7) is 2.51. The summed E-state index contributed by atoms with van der Waals surface area (Å²) in [4.78, 5) is 24.7. The standard InChI is InChI=1S/C23H20N4O3S2/c1-2-30-19-11-9-18(10-12-19)24-20(28)14-31-23-27-26-22(32-23)25-21(29)17-8-7-15-5-3-4-6-16(15)13-17/h3-13H,2,14H2,1H3,(H,24,28)(H,25,26,29). The maximum Gasteiger partial charge on any atom is 0.257 e. The van der Waals surface area contributed by atoms with Crippen molar-refractivity contribution in [3.63, 3.8) is 0 Å². The second-order valence-electron chi connectivity index (χ2n) is 6.68. The van der Waals surface area contributed by atoms with Gasteiger partial charge in [0.05, 0.1) is 12.4 Å². The molecule has 0 bridgehead atoms. The molecular formula is C23H20N4O3S2. The number of benzene rings is 3. The fourth-order valence-corrected chi connectivity index (χ4v) is 4.49. The van der Waals surface area contributed by atoms with Crippen LogP contribution < -0.4 is 15.4 Å². The van der Waals surface area contributed by atoms with E-state index < -0.39 is 0 Å². The van der Waals surface area contributed by atoms with Crippen LogP contribution in [-0.4, -0.2) is 34.4 Å². The third-order valence-electron chi connectivity index (χ3n) is 4.41. The fourth-order valence-electron chi connectivity index (χ4n) is 2.94. The zero-order chi connectivity index (χ0) is 22.3. The lowest BCUT2D eigenvalue weighted by atomic mass is 10.1. The van der Waals surface area contributed by atoms with Gasteiger partial charge >= 0.3 is 0 Å². The summed E-state index contributed by atoms with van der Waals surface area (Å²) < 4.78 is 5.99. The topological polar surface area (TPSA) is 93.2 Å². The fraction of sp³-hybridized carbons (Fsp3) is 0.130. The van der Waals surface area contributed by atoms with E-state index in [-0.39, 0.29) is 17.6 Å². The molecule has 2 N–H and O–H groups in total. The highest BCUT2D eigenvalue weighted by Crippen LogP contribution is 2.26. The van der Waals surface area contributed by atoms with Gasteiger partial charge in [-0.25, -0.2) is 0 Å². The number of anilines is 2. The molecule has 32 heavy (non-hydrogen) atoms. The highest BCUT2D eigenvalue weighted by Gasteiger charge is 2.12. The lowest BCUT2D eigenvalue weighted by Crippen LogP contribution is -2.13. The van der Waals surface area contributed by atoms with Crippen LogP contribution in [-0.2, 0) is 4.79 Å². The molecule has 0 aliphatic rings. The first-order valence-electron chi connectivity index (χ1n) is 9.90. The minimum atomic E-state index is -0.253. The van der Waals surface area contributed by atoms with Crippen molar-refractivity contribution >= 4 is 56.5 Å². The minimum Gasteiger partial charge on any atom is -0.494 e. The predicted molar refractivity (Wildman–Crippen MR) is 129 cm³/mol. The molecule has 0 unspecified atom stereocenters. The van der Waals surface area contributed by atoms with E-state index in [1.807, 2.05) is 55.5 Å². The van der Waals surface area contributed by atoms with Crippen molar-refractivity contribution in [1.82, 2.24) is 10.2 Å². The van der Waals surface area contributed by atoms with Crippen molar-refractivity contribution in [2.24, 2.45) is 0 Å². The van der Waals surface area contributed by atoms with Gasteiger partial charge in [0.2, 0.25) is 11.0 Å². The number of carbonyl (C=O) groups excluding carboxylic acids is 2. The summed E-state index contributed by atoms with van der Waals surface area (Å²) in [5, 5.41) is 16.1. The first-order valence-corrected chi connectivity index (χ1v) is 11.7. The number of nitrogens with zero attached hydrogens (tertiary/aromatic N) is 2. The van der Waals surface area contributed by atoms with Crippen molar-refractivity contribution in [2.75, 3.05) is 23.0 Å². The number of hydrogen-bond donors (Lipinski definition) is 2. The molecule has 0 aliphatic heterocycles. The highest BCUT2D eigenvalue weighted by molar-refractivity contribution is 8.01. The second kappa shape index (κ2) is 10.3. The zero-order valence-corrected chi connectivity index (χ0v) is 18.8. The lowest BCUT2D eigenvalue weighted by Gasteiger charge is -2.06. The lowest BCUT2D eigenvalue weighted by molar-refractivity contribution is -0.113. The van der Waals surface area contributed by atoms with Crippen LogP contribution in [0, 0.1) is 0 Å². The van der Waals surface area contributed by atoms with E-state index in [9.17, 15) is 9.59 Å². The maximum atomic E-state index is 12.5. The third-order valence-corrected chi connectivity index (χ3v) is 6.39. The van der Waals surface area contributed by atoms with Crippen LogP contribution in [0.5, 0.6) is 5.75 Å². The first kappa shape index (κ1) is 21.8. The normalized spacial score (nSPS) is 10.7. The van der Waals surface area contributed by atoms with Gasteiger partial charge in [-0.15, -0.1) is 10.2 Å². The molecule has 162 valence electrons. The first-order chi connectivity index (χ1) is 15.6. The Kier molecular flexibility index (Phi) is 6.98. The van der Waals surface area contributed by atoms with E-state index in [1.54, 1.807) is 18.2 Å². The van der Waals surface area contributed by atoms with E-state index in [1.165, 1.54) is 23.1 Å². The number of carbonyl (C=O) groups is 2. The van der Waals surface area contributed by atoms with Gasteiger partial charge in [0.1, 0.15) is 5.75 Å². The van der Waals surface area contributed by atoms with Gasteiger partial charge in [-0.3, -0.25) is 14.9 Å². The summed E-state index contributed by atoms with van der Waals surface area (Å²) in [6, 6.07) is 20.6. The molecule has 4 rings (SSSR count). The van der Waals surface area contributed by atoms with Crippen LogP contribution in [0.3, 0.4) is 0 Å². The molecule has 0 saturated heterocycles. The number of ether oxygens (including phenoxy) is 1. The van der Waals surface area contributed by atoms with Gasteiger partial charge in [-0.1, -0.05) is 53.4 Å². The van der Waals surface area contributed by atoms with Gasteiger partial charge in [0.25, 0.3) is 5.91 Å². The van der Waals surface area contributed by atoms with E-state index in [0.29, 0.717) is 27.3 Å². The van der Waals surface area contributed by atoms with Gasteiger partial charge in [-0.05, 0) is 54.1 Å². The molecule has 9 heteroatoms. The summed E-state index contributed by atoms with van der Waals surface area (Å²) in [6.07, 6.45) is 0. The molecule has 1 aromatic heterocycles. The molecule has 2 amide bonds. The summed E-state index contributed by atoms with van der Waals surface area (Å²) in [7, 11) is 0. The molecule has 0 atom stereocenters. The zero-order valence-electron chi connectivity index (χ0n) is 17.2. The molecule has 0 aliphatic carbocycles. The Morgan fingerprint density at radius 2 is 1.75 bits per heavy atom. The van der Waals surface area contributed by atoms with Gasteiger partial charge in [0, 0.05) is 11.3 Å². The smallest absolute Gasteiger partial charge is 0.257 e. The van der Waals surface area contributed by atoms with Crippen molar-refractivity contribution in [3.8, 4) is 5.75 Å². The Labute approximate surface area is 193 Å². The van der Waals surface area contributed by atoms with Crippen LogP contribution in [0.15, 0.2) is 71.1 Å². The number of aromatic nitrogens is 2. The molecule has 4 aromatic rings. The van der Waals surface area contributed by atoms with Gasteiger partial charge < -0.3 is 10.1 Å².